The Bertz CT molecular complexity index is 516. The number of anilines is 1. The van der Waals surface area contributed by atoms with Crippen LogP contribution in [0.15, 0.2) is 15.5 Å². The van der Waals surface area contributed by atoms with Gasteiger partial charge in [0, 0.05) is 19.1 Å². The Morgan fingerprint density at radius 2 is 2.35 bits per heavy atom. The third-order valence-corrected chi connectivity index (χ3v) is 4.50. The van der Waals surface area contributed by atoms with Gasteiger partial charge in [-0.1, -0.05) is 6.92 Å². The highest BCUT2D eigenvalue weighted by molar-refractivity contribution is 9.10. The van der Waals surface area contributed by atoms with Gasteiger partial charge in [-0.25, -0.2) is 4.68 Å². The highest BCUT2D eigenvalue weighted by Gasteiger charge is 2.26. The molecule has 1 aromatic rings. The highest BCUT2D eigenvalue weighted by Crippen LogP contribution is 2.25. The molecule has 0 aromatic carbocycles. The normalized spacial score (nSPS) is 22.4. The Morgan fingerprint density at radius 3 is 3.00 bits per heavy atom. The fourth-order valence-corrected chi connectivity index (χ4v) is 2.98. The van der Waals surface area contributed by atoms with Crippen molar-refractivity contribution in [3.05, 3.63) is 21.0 Å². The molecule has 2 atom stereocenters. The van der Waals surface area contributed by atoms with Crippen LogP contribution >= 0.6 is 15.9 Å². The van der Waals surface area contributed by atoms with E-state index in [0.717, 1.165) is 31.7 Å². The van der Waals surface area contributed by atoms with Gasteiger partial charge in [0.1, 0.15) is 4.47 Å². The first-order chi connectivity index (χ1) is 9.54. The number of hydrogen-bond donors (Lipinski definition) is 1. The summed E-state index contributed by atoms with van der Waals surface area (Å²) < 4.78 is 7.70. The van der Waals surface area contributed by atoms with E-state index >= 15 is 0 Å². The topological polar surface area (TPSA) is 56.1 Å². The number of ether oxygens (including phenoxy) is 1. The van der Waals surface area contributed by atoms with Crippen molar-refractivity contribution in [2.24, 2.45) is 5.92 Å². The molecule has 20 heavy (non-hydrogen) atoms. The average molecular weight is 344 g/mol. The van der Waals surface area contributed by atoms with Crippen molar-refractivity contribution >= 4 is 21.6 Å². The van der Waals surface area contributed by atoms with E-state index in [-0.39, 0.29) is 11.6 Å². The van der Waals surface area contributed by atoms with Crippen LogP contribution in [0.2, 0.25) is 0 Å². The lowest BCUT2D eigenvalue weighted by molar-refractivity contribution is 0.0900. The number of halogens is 1. The van der Waals surface area contributed by atoms with Gasteiger partial charge in [-0.05, 0) is 42.6 Å². The zero-order chi connectivity index (χ0) is 14.7. The Kier molecular flexibility index (Phi) is 5.21. The maximum atomic E-state index is 12.1. The number of nitrogens with zero attached hydrogens (tertiary/aromatic N) is 2. The summed E-state index contributed by atoms with van der Waals surface area (Å²) in [5.74, 6) is 0.499. The molecule has 1 fully saturated rings. The molecule has 2 unspecified atom stereocenters. The van der Waals surface area contributed by atoms with Crippen LogP contribution < -0.4 is 10.9 Å². The highest BCUT2D eigenvalue weighted by atomic mass is 79.9. The van der Waals surface area contributed by atoms with Gasteiger partial charge in [-0.3, -0.25) is 4.79 Å². The minimum absolute atomic E-state index is 0.0561. The van der Waals surface area contributed by atoms with Crippen LogP contribution in [0.25, 0.3) is 0 Å². The fourth-order valence-electron chi connectivity index (χ4n) is 2.55. The van der Waals surface area contributed by atoms with Crippen LogP contribution in [0, 0.1) is 5.92 Å². The van der Waals surface area contributed by atoms with Gasteiger partial charge in [-0.2, -0.15) is 5.10 Å². The van der Waals surface area contributed by atoms with Crippen LogP contribution in [0.5, 0.6) is 0 Å². The molecule has 1 aliphatic heterocycles. The predicted octanol–water partition coefficient (Wildman–Crippen LogP) is 2.81. The quantitative estimate of drug-likeness (QED) is 0.892. The van der Waals surface area contributed by atoms with Crippen LogP contribution in [0.1, 0.15) is 39.7 Å². The molecule has 6 heteroatoms. The van der Waals surface area contributed by atoms with Crippen LogP contribution in [0.3, 0.4) is 0 Å². The van der Waals surface area contributed by atoms with Crippen molar-refractivity contribution in [1.29, 1.82) is 0 Å². The third-order valence-electron chi connectivity index (χ3n) is 3.74. The van der Waals surface area contributed by atoms with Gasteiger partial charge >= 0.3 is 0 Å². The van der Waals surface area contributed by atoms with E-state index in [1.165, 1.54) is 4.68 Å². The summed E-state index contributed by atoms with van der Waals surface area (Å²) in [4.78, 5) is 12.1. The van der Waals surface area contributed by atoms with E-state index in [9.17, 15) is 4.79 Å². The summed E-state index contributed by atoms with van der Waals surface area (Å²) in [5, 5.41) is 7.53. The van der Waals surface area contributed by atoms with Gasteiger partial charge in [0.15, 0.2) is 0 Å². The van der Waals surface area contributed by atoms with Crippen molar-refractivity contribution in [3.63, 3.8) is 0 Å². The molecule has 1 saturated heterocycles. The monoisotopic (exact) mass is 343 g/mol. The molecule has 5 nitrogen and oxygen atoms in total. The summed E-state index contributed by atoms with van der Waals surface area (Å²) in [7, 11) is 0. The Balaban J connectivity index is 2.07. The minimum Gasteiger partial charge on any atom is -0.382 e. The van der Waals surface area contributed by atoms with Crippen LogP contribution in [-0.4, -0.2) is 29.0 Å². The third kappa shape index (κ3) is 3.23. The van der Waals surface area contributed by atoms with E-state index < -0.39 is 0 Å². The standard InChI is InChI=1S/C14H22BrN3O2/c1-4-12-10(5-6-20-12)7-16-11-8-17-18(9(2)3)14(19)13(11)15/h8-10,12,16H,4-7H2,1-3H3. The molecule has 112 valence electrons. The van der Waals surface area contributed by atoms with Gasteiger partial charge in [0.2, 0.25) is 0 Å². The molecule has 1 N–H and O–H groups in total. The van der Waals surface area contributed by atoms with Crippen molar-refractivity contribution in [2.45, 2.75) is 45.8 Å². The number of rotatable bonds is 5. The van der Waals surface area contributed by atoms with Gasteiger partial charge < -0.3 is 10.1 Å². The molecule has 2 rings (SSSR count). The van der Waals surface area contributed by atoms with Gasteiger partial charge in [0.05, 0.1) is 24.0 Å². The Labute approximate surface area is 127 Å². The zero-order valence-electron chi connectivity index (χ0n) is 12.2. The van der Waals surface area contributed by atoms with Crippen molar-refractivity contribution < 1.29 is 4.74 Å². The van der Waals surface area contributed by atoms with Crippen molar-refractivity contribution in [1.82, 2.24) is 9.78 Å². The first kappa shape index (κ1) is 15.5. The van der Waals surface area contributed by atoms with Gasteiger partial charge in [-0.15, -0.1) is 0 Å². The van der Waals surface area contributed by atoms with E-state index in [2.05, 4.69) is 33.3 Å². The SMILES string of the molecule is CCC1OCCC1CNc1cnn(C(C)C)c(=O)c1Br. The van der Waals surface area contributed by atoms with Crippen LogP contribution in [0.4, 0.5) is 5.69 Å². The largest absolute Gasteiger partial charge is 0.382 e. The molecule has 0 bridgehead atoms. The Morgan fingerprint density at radius 1 is 1.60 bits per heavy atom. The lowest BCUT2D eigenvalue weighted by atomic mass is 10.00. The smallest absolute Gasteiger partial charge is 0.283 e. The first-order valence-electron chi connectivity index (χ1n) is 7.17. The molecule has 0 amide bonds. The average Bonchev–Trinajstić information content (AvgIpc) is 2.87. The second-order valence-electron chi connectivity index (χ2n) is 5.46. The molecular weight excluding hydrogens is 322 g/mol. The maximum absolute atomic E-state index is 12.1. The molecule has 0 aliphatic carbocycles. The molecule has 2 heterocycles. The van der Waals surface area contributed by atoms with Crippen LogP contribution in [-0.2, 0) is 4.74 Å². The van der Waals surface area contributed by atoms with E-state index in [1.807, 2.05) is 13.8 Å². The second kappa shape index (κ2) is 6.72. The van der Waals surface area contributed by atoms with E-state index in [1.54, 1.807) is 6.20 Å². The molecule has 0 saturated carbocycles. The van der Waals surface area contributed by atoms with Crippen molar-refractivity contribution in [2.75, 3.05) is 18.5 Å². The molecular formula is C14H22BrN3O2. The number of aromatic nitrogens is 2. The predicted molar refractivity (Wildman–Crippen MR) is 83.2 cm³/mol. The second-order valence-corrected chi connectivity index (χ2v) is 6.26. The fraction of sp³-hybridized carbons (Fsp3) is 0.714. The Hall–Kier alpha value is -0.880. The number of hydrogen-bond acceptors (Lipinski definition) is 4. The van der Waals surface area contributed by atoms with Crippen molar-refractivity contribution in [3.8, 4) is 0 Å². The summed E-state index contributed by atoms with van der Waals surface area (Å²) >= 11 is 3.37. The summed E-state index contributed by atoms with van der Waals surface area (Å²) in [5.41, 5.74) is 0.661. The lowest BCUT2D eigenvalue weighted by Gasteiger charge is -2.18. The maximum Gasteiger partial charge on any atom is 0.283 e. The molecule has 1 aliphatic rings. The minimum atomic E-state index is -0.0975. The summed E-state index contributed by atoms with van der Waals surface area (Å²) in [6.45, 7) is 7.67. The van der Waals surface area contributed by atoms with E-state index in [4.69, 9.17) is 4.74 Å². The van der Waals surface area contributed by atoms with E-state index in [0.29, 0.717) is 16.5 Å². The lowest BCUT2D eigenvalue weighted by Crippen LogP contribution is -2.28. The number of nitrogens with one attached hydrogen (secondary N) is 1. The summed E-state index contributed by atoms with van der Waals surface area (Å²) in [6.07, 6.45) is 4.13. The zero-order valence-corrected chi connectivity index (χ0v) is 13.8. The summed E-state index contributed by atoms with van der Waals surface area (Å²) in [6, 6.07) is 0.0561. The first-order valence-corrected chi connectivity index (χ1v) is 7.96. The molecule has 0 spiro atoms. The molecule has 0 radical (unpaired) electrons. The van der Waals surface area contributed by atoms with Gasteiger partial charge in [0.25, 0.3) is 5.56 Å². The molecule has 1 aromatic heterocycles.